The van der Waals surface area contributed by atoms with E-state index in [2.05, 4.69) is 25.8 Å². The molecule has 2 unspecified atom stereocenters. The van der Waals surface area contributed by atoms with Crippen LogP contribution in [0.25, 0.3) is 0 Å². The van der Waals surface area contributed by atoms with Crippen LogP contribution < -0.4 is 0 Å². The highest BCUT2D eigenvalue weighted by atomic mass is 16.3. The standard InChI is InChI=1S/C16H27NO2/c1-12-7-8-14(19-12)11-17(4)10-13-6-5-9-16(2,3)15(13)18/h7-8,13,15,18H,5-6,9-11H2,1-4H3. The third-order valence-corrected chi connectivity index (χ3v) is 4.41. The fourth-order valence-electron chi connectivity index (χ4n) is 3.26. The van der Waals surface area contributed by atoms with Gasteiger partial charge in [0.25, 0.3) is 0 Å². The Kier molecular flexibility index (Phi) is 4.36. The van der Waals surface area contributed by atoms with E-state index >= 15 is 0 Å². The van der Waals surface area contributed by atoms with Gasteiger partial charge in [0.05, 0.1) is 12.6 Å². The molecule has 2 atom stereocenters. The molecule has 0 radical (unpaired) electrons. The van der Waals surface area contributed by atoms with Crippen molar-refractivity contribution in [3.63, 3.8) is 0 Å². The topological polar surface area (TPSA) is 36.6 Å². The second-order valence-corrected chi connectivity index (χ2v) is 6.79. The van der Waals surface area contributed by atoms with Crippen LogP contribution in [0.3, 0.4) is 0 Å². The quantitative estimate of drug-likeness (QED) is 0.908. The summed E-state index contributed by atoms with van der Waals surface area (Å²) >= 11 is 0. The molecule has 108 valence electrons. The van der Waals surface area contributed by atoms with Gasteiger partial charge in [-0.1, -0.05) is 20.3 Å². The summed E-state index contributed by atoms with van der Waals surface area (Å²) in [5, 5.41) is 10.5. The first-order chi connectivity index (χ1) is 8.88. The van der Waals surface area contributed by atoms with E-state index in [0.29, 0.717) is 5.92 Å². The molecule has 0 amide bonds. The molecule has 19 heavy (non-hydrogen) atoms. The molecule has 1 aliphatic rings. The van der Waals surface area contributed by atoms with Gasteiger partial charge in [-0.05, 0) is 50.3 Å². The summed E-state index contributed by atoms with van der Waals surface area (Å²) in [6.07, 6.45) is 3.29. The van der Waals surface area contributed by atoms with E-state index in [4.69, 9.17) is 4.42 Å². The van der Waals surface area contributed by atoms with Crippen molar-refractivity contribution < 1.29 is 9.52 Å². The van der Waals surface area contributed by atoms with Crippen LogP contribution in [0, 0.1) is 18.3 Å². The second-order valence-electron chi connectivity index (χ2n) is 6.79. The average molecular weight is 265 g/mol. The third-order valence-electron chi connectivity index (χ3n) is 4.41. The molecule has 2 rings (SSSR count). The fourth-order valence-corrected chi connectivity index (χ4v) is 3.26. The van der Waals surface area contributed by atoms with Crippen LogP contribution in [0.1, 0.15) is 44.6 Å². The second kappa shape index (κ2) is 5.68. The molecule has 0 saturated heterocycles. The lowest BCUT2D eigenvalue weighted by atomic mass is 9.69. The maximum absolute atomic E-state index is 10.5. The summed E-state index contributed by atoms with van der Waals surface area (Å²) in [7, 11) is 2.10. The molecule has 1 aliphatic carbocycles. The van der Waals surface area contributed by atoms with Crippen LogP contribution in [0.4, 0.5) is 0 Å². The molecular weight excluding hydrogens is 238 g/mol. The lowest BCUT2D eigenvalue weighted by Crippen LogP contribution is -2.44. The van der Waals surface area contributed by atoms with Crippen LogP contribution in [-0.2, 0) is 6.54 Å². The fraction of sp³-hybridized carbons (Fsp3) is 0.750. The molecule has 1 heterocycles. The minimum Gasteiger partial charge on any atom is -0.465 e. The van der Waals surface area contributed by atoms with E-state index in [9.17, 15) is 5.11 Å². The molecular formula is C16H27NO2. The zero-order valence-corrected chi connectivity index (χ0v) is 12.6. The van der Waals surface area contributed by atoms with Crippen molar-refractivity contribution in [3.8, 4) is 0 Å². The zero-order valence-electron chi connectivity index (χ0n) is 12.6. The van der Waals surface area contributed by atoms with E-state index in [1.165, 1.54) is 6.42 Å². The summed E-state index contributed by atoms with van der Waals surface area (Å²) in [4.78, 5) is 2.26. The van der Waals surface area contributed by atoms with Gasteiger partial charge >= 0.3 is 0 Å². The minimum atomic E-state index is -0.193. The van der Waals surface area contributed by atoms with Gasteiger partial charge in [0.1, 0.15) is 11.5 Å². The number of nitrogens with zero attached hydrogens (tertiary/aromatic N) is 1. The predicted octanol–water partition coefficient (Wildman–Crippen LogP) is 3.21. The number of hydrogen-bond donors (Lipinski definition) is 1. The molecule has 1 aromatic heterocycles. The first-order valence-electron chi connectivity index (χ1n) is 7.30. The van der Waals surface area contributed by atoms with Gasteiger partial charge in [-0.15, -0.1) is 0 Å². The zero-order chi connectivity index (χ0) is 14.0. The Labute approximate surface area is 116 Å². The van der Waals surface area contributed by atoms with Crippen molar-refractivity contribution in [1.29, 1.82) is 0 Å². The summed E-state index contributed by atoms with van der Waals surface area (Å²) in [5.41, 5.74) is 0.0605. The Bertz CT molecular complexity index is 411. The molecule has 0 aromatic carbocycles. The van der Waals surface area contributed by atoms with E-state index in [1.54, 1.807) is 0 Å². The van der Waals surface area contributed by atoms with Gasteiger partial charge in [0.2, 0.25) is 0 Å². The van der Waals surface area contributed by atoms with Crippen LogP contribution in [-0.4, -0.2) is 29.7 Å². The maximum Gasteiger partial charge on any atom is 0.118 e. The highest BCUT2D eigenvalue weighted by Gasteiger charge is 2.37. The van der Waals surface area contributed by atoms with Crippen molar-refractivity contribution in [2.75, 3.05) is 13.6 Å². The van der Waals surface area contributed by atoms with Gasteiger partial charge in [0, 0.05) is 6.54 Å². The summed E-state index contributed by atoms with van der Waals surface area (Å²) < 4.78 is 5.61. The van der Waals surface area contributed by atoms with Gasteiger partial charge < -0.3 is 9.52 Å². The first-order valence-corrected chi connectivity index (χ1v) is 7.30. The normalized spacial score (nSPS) is 26.8. The molecule has 0 spiro atoms. The van der Waals surface area contributed by atoms with Crippen molar-refractivity contribution in [3.05, 3.63) is 23.7 Å². The van der Waals surface area contributed by atoms with E-state index in [1.807, 2.05) is 19.1 Å². The summed E-state index contributed by atoms with van der Waals surface area (Å²) in [6.45, 7) is 8.08. The SMILES string of the molecule is Cc1ccc(CN(C)CC2CCCC(C)(C)C2O)o1. The minimum absolute atomic E-state index is 0.0605. The van der Waals surface area contributed by atoms with Crippen LogP contribution in [0.15, 0.2) is 16.5 Å². The van der Waals surface area contributed by atoms with Gasteiger partial charge in [0.15, 0.2) is 0 Å². The van der Waals surface area contributed by atoms with E-state index in [-0.39, 0.29) is 11.5 Å². The lowest BCUT2D eigenvalue weighted by Gasteiger charge is -2.42. The molecule has 1 fully saturated rings. The number of aliphatic hydroxyl groups is 1. The largest absolute Gasteiger partial charge is 0.465 e. The monoisotopic (exact) mass is 265 g/mol. The molecule has 0 aliphatic heterocycles. The van der Waals surface area contributed by atoms with E-state index in [0.717, 1.165) is 37.5 Å². The maximum atomic E-state index is 10.5. The van der Waals surface area contributed by atoms with Gasteiger partial charge in [-0.3, -0.25) is 4.90 Å². The van der Waals surface area contributed by atoms with Crippen molar-refractivity contribution in [1.82, 2.24) is 4.90 Å². The summed E-state index contributed by atoms with van der Waals surface area (Å²) in [6, 6.07) is 4.04. The molecule has 0 bridgehead atoms. The smallest absolute Gasteiger partial charge is 0.118 e. The summed E-state index contributed by atoms with van der Waals surface area (Å²) in [5.74, 6) is 2.34. The first kappa shape index (κ1) is 14.6. The van der Waals surface area contributed by atoms with Crippen LogP contribution in [0.5, 0.6) is 0 Å². The molecule has 1 N–H and O–H groups in total. The van der Waals surface area contributed by atoms with Gasteiger partial charge in [-0.25, -0.2) is 0 Å². The predicted molar refractivity (Wildman–Crippen MR) is 76.9 cm³/mol. The molecule has 1 aromatic rings. The number of aryl methyl sites for hydroxylation is 1. The Morgan fingerprint density at radius 3 is 2.79 bits per heavy atom. The number of rotatable bonds is 4. The Balaban J connectivity index is 1.89. The molecule has 3 heteroatoms. The highest BCUT2D eigenvalue weighted by molar-refractivity contribution is 5.05. The highest BCUT2D eigenvalue weighted by Crippen LogP contribution is 2.39. The van der Waals surface area contributed by atoms with Crippen molar-refractivity contribution in [2.24, 2.45) is 11.3 Å². The molecule has 3 nitrogen and oxygen atoms in total. The Hall–Kier alpha value is -0.800. The molecule has 1 saturated carbocycles. The van der Waals surface area contributed by atoms with Crippen molar-refractivity contribution in [2.45, 2.75) is 52.7 Å². The lowest BCUT2D eigenvalue weighted by molar-refractivity contribution is -0.0418. The number of furan rings is 1. The van der Waals surface area contributed by atoms with Crippen LogP contribution >= 0.6 is 0 Å². The Morgan fingerprint density at radius 1 is 1.42 bits per heavy atom. The average Bonchev–Trinajstić information content (AvgIpc) is 2.70. The van der Waals surface area contributed by atoms with E-state index < -0.39 is 0 Å². The Morgan fingerprint density at radius 2 is 2.16 bits per heavy atom. The third kappa shape index (κ3) is 3.61. The van der Waals surface area contributed by atoms with Gasteiger partial charge in [-0.2, -0.15) is 0 Å². The van der Waals surface area contributed by atoms with Crippen LogP contribution in [0.2, 0.25) is 0 Å². The number of hydrogen-bond acceptors (Lipinski definition) is 3. The number of aliphatic hydroxyl groups excluding tert-OH is 1. The van der Waals surface area contributed by atoms with Crippen molar-refractivity contribution >= 4 is 0 Å².